The minimum absolute atomic E-state index is 0.0891. The van der Waals surface area contributed by atoms with E-state index in [-0.39, 0.29) is 10.6 Å². The first-order valence-electron chi connectivity index (χ1n) is 8.28. The Balaban J connectivity index is 1.61. The van der Waals surface area contributed by atoms with Gasteiger partial charge in [-0.3, -0.25) is 20.1 Å². The molecular formula is C19H18N4O2. The number of rotatable bonds is 4. The summed E-state index contributed by atoms with van der Waals surface area (Å²) in [4.78, 5) is 13.0. The zero-order valence-corrected chi connectivity index (χ0v) is 13.7. The fraction of sp³-hybridized carbons (Fsp3) is 0.211. The van der Waals surface area contributed by atoms with Gasteiger partial charge in [-0.25, -0.2) is 0 Å². The van der Waals surface area contributed by atoms with E-state index in [2.05, 4.69) is 39.4 Å². The van der Waals surface area contributed by atoms with E-state index in [9.17, 15) is 10.1 Å². The number of benzene rings is 2. The molecule has 0 fully saturated rings. The highest BCUT2D eigenvalue weighted by Gasteiger charge is 2.23. The van der Waals surface area contributed by atoms with Crippen molar-refractivity contribution in [2.45, 2.75) is 19.5 Å². The Morgan fingerprint density at radius 1 is 1.16 bits per heavy atom. The van der Waals surface area contributed by atoms with Gasteiger partial charge in [-0.05, 0) is 5.56 Å². The monoisotopic (exact) mass is 334 g/mol. The van der Waals surface area contributed by atoms with E-state index in [4.69, 9.17) is 0 Å². The lowest BCUT2D eigenvalue weighted by Gasteiger charge is -2.27. The second-order valence-electron chi connectivity index (χ2n) is 6.28. The Morgan fingerprint density at radius 3 is 2.80 bits per heavy atom. The van der Waals surface area contributed by atoms with Crippen molar-refractivity contribution in [2.75, 3.05) is 6.54 Å². The minimum atomic E-state index is -0.371. The molecule has 0 saturated carbocycles. The standard InChI is InChI=1S/C19H18N4O2/c24-23(25)16-8-4-7-15(11-16)19-17-13-22(10-9-18(17)20-21-19)12-14-5-2-1-3-6-14/h1-8,11H,9-10,12-13H2,(H,20,21). The van der Waals surface area contributed by atoms with Crippen LogP contribution >= 0.6 is 0 Å². The Morgan fingerprint density at radius 2 is 2.00 bits per heavy atom. The van der Waals surface area contributed by atoms with Gasteiger partial charge in [0.1, 0.15) is 0 Å². The lowest BCUT2D eigenvalue weighted by molar-refractivity contribution is -0.384. The smallest absolute Gasteiger partial charge is 0.270 e. The number of H-pyrrole nitrogens is 1. The molecule has 3 aromatic rings. The van der Waals surface area contributed by atoms with Gasteiger partial charge in [0.2, 0.25) is 0 Å². The molecule has 0 radical (unpaired) electrons. The van der Waals surface area contributed by atoms with E-state index in [0.29, 0.717) is 0 Å². The third-order valence-electron chi connectivity index (χ3n) is 4.59. The number of hydrogen-bond donors (Lipinski definition) is 1. The van der Waals surface area contributed by atoms with Crippen LogP contribution in [0.2, 0.25) is 0 Å². The molecular weight excluding hydrogens is 316 g/mol. The van der Waals surface area contributed by atoms with Crippen LogP contribution < -0.4 is 0 Å². The highest BCUT2D eigenvalue weighted by molar-refractivity contribution is 5.66. The molecule has 6 heteroatoms. The summed E-state index contributed by atoms with van der Waals surface area (Å²) in [6, 6.07) is 17.1. The van der Waals surface area contributed by atoms with Crippen molar-refractivity contribution in [3.8, 4) is 11.3 Å². The molecule has 1 aliphatic heterocycles. The molecule has 0 saturated heterocycles. The van der Waals surface area contributed by atoms with E-state index < -0.39 is 0 Å². The lowest BCUT2D eigenvalue weighted by Crippen LogP contribution is -2.29. The van der Waals surface area contributed by atoms with Crippen molar-refractivity contribution in [2.24, 2.45) is 0 Å². The average Bonchev–Trinajstić information content (AvgIpc) is 3.06. The second-order valence-corrected chi connectivity index (χ2v) is 6.28. The zero-order chi connectivity index (χ0) is 17.2. The van der Waals surface area contributed by atoms with Crippen LogP contribution in [0.3, 0.4) is 0 Å². The maximum Gasteiger partial charge on any atom is 0.270 e. The van der Waals surface area contributed by atoms with Crippen LogP contribution in [0.4, 0.5) is 5.69 Å². The van der Waals surface area contributed by atoms with Crippen LogP contribution in [0.5, 0.6) is 0 Å². The van der Waals surface area contributed by atoms with Gasteiger partial charge in [-0.1, -0.05) is 42.5 Å². The third-order valence-corrected chi connectivity index (χ3v) is 4.59. The molecule has 0 amide bonds. The summed E-state index contributed by atoms with van der Waals surface area (Å²) < 4.78 is 0. The summed E-state index contributed by atoms with van der Waals surface area (Å²) in [5, 5.41) is 18.6. The second kappa shape index (κ2) is 6.49. The molecule has 2 heterocycles. The Hall–Kier alpha value is -2.99. The first-order valence-corrected chi connectivity index (χ1v) is 8.28. The van der Waals surface area contributed by atoms with Crippen molar-refractivity contribution in [1.29, 1.82) is 0 Å². The zero-order valence-electron chi connectivity index (χ0n) is 13.7. The van der Waals surface area contributed by atoms with E-state index in [1.165, 1.54) is 11.6 Å². The average molecular weight is 334 g/mol. The maximum atomic E-state index is 11.0. The molecule has 126 valence electrons. The van der Waals surface area contributed by atoms with Crippen LogP contribution in [-0.4, -0.2) is 26.6 Å². The molecule has 0 bridgehead atoms. The molecule has 6 nitrogen and oxygen atoms in total. The largest absolute Gasteiger partial charge is 0.294 e. The molecule has 0 aliphatic carbocycles. The van der Waals surface area contributed by atoms with Gasteiger partial charge in [-0.15, -0.1) is 0 Å². The molecule has 1 aromatic heterocycles. The molecule has 1 aliphatic rings. The van der Waals surface area contributed by atoms with Crippen molar-refractivity contribution >= 4 is 5.69 Å². The molecule has 0 unspecified atom stereocenters. The Kier molecular flexibility index (Phi) is 4.03. The normalized spacial score (nSPS) is 14.2. The summed E-state index contributed by atoms with van der Waals surface area (Å²) in [6.07, 6.45) is 0.907. The number of aromatic amines is 1. The number of nitro benzene ring substituents is 1. The van der Waals surface area contributed by atoms with Crippen molar-refractivity contribution in [3.63, 3.8) is 0 Å². The van der Waals surface area contributed by atoms with Gasteiger partial charge in [0, 0.05) is 55.0 Å². The Bertz CT molecular complexity index is 905. The highest BCUT2D eigenvalue weighted by Crippen LogP contribution is 2.30. The van der Waals surface area contributed by atoms with Crippen LogP contribution in [-0.2, 0) is 19.5 Å². The molecule has 2 aromatic carbocycles. The third kappa shape index (κ3) is 3.16. The first kappa shape index (κ1) is 15.5. The molecule has 0 atom stereocenters. The first-order chi connectivity index (χ1) is 12.2. The van der Waals surface area contributed by atoms with Crippen molar-refractivity contribution < 1.29 is 4.92 Å². The summed E-state index contributed by atoms with van der Waals surface area (Å²) in [5.41, 5.74) is 5.25. The van der Waals surface area contributed by atoms with Gasteiger partial charge >= 0.3 is 0 Å². The van der Waals surface area contributed by atoms with Gasteiger partial charge in [-0.2, -0.15) is 5.10 Å². The summed E-state index contributed by atoms with van der Waals surface area (Å²) >= 11 is 0. The van der Waals surface area contributed by atoms with Gasteiger partial charge in [0.25, 0.3) is 5.69 Å². The van der Waals surface area contributed by atoms with E-state index in [1.807, 2.05) is 12.1 Å². The fourth-order valence-corrected chi connectivity index (χ4v) is 3.33. The summed E-state index contributed by atoms with van der Waals surface area (Å²) in [7, 11) is 0. The molecule has 0 spiro atoms. The van der Waals surface area contributed by atoms with Crippen LogP contribution in [0.1, 0.15) is 16.8 Å². The lowest BCUT2D eigenvalue weighted by atomic mass is 10.0. The summed E-state index contributed by atoms with van der Waals surface area (Å²) in [6.45, 7) is 2.65. The number of nitrogens with one attached hydrogen (secondary N) is 1. The van der Waals surface area contributed by atoms with Gasteiger partial charge < -0.3 is 0 Å². The van der Waals surface area contributed by atoms with E-state index in [0.717, 1.165) is 48.6 Å². The Labute approximate surface area is 145 Å². The highest BCUT2D eigenvalue weighted by atomic mass is 16.6. The predicted molar refractivity (Wildman–Crippen MR) is 94.9 cm³/mol. The van der Waals surface area contributed by atoms with Gasteiger partial charge in [0.05, 0.1) is 10.6 Å². The molecule has 4 rings (SSSR count). The maximum absolute atomic E-state index is 11.0. The summed E-state index contributed by atoms with van der Waals surface area (Å²) in [5.74, 6) is 0. The van der Waals surface area contributed by atoms with Crippen molar-refractivity contribution in [1.82, 2.24) is 15.1 Å². The molecule has 25 heavy (non-hydrogen) atoms. The fourth-order valence-electron chi connectivity index (χ4n) is 3.33. The number of nitrogens with zero attached hydrogens (tertiary/aromatic N) is 3. The van der Waals surface area contributed by atoms with E-state index >= 15 is 0 Å². The number of nitro groups is 1. The number of fused-ring (bicyclic) bond motifs is 1. The SMILES string of the molecule is O=[N+]([O-])c1cccc(-c2n[nH]c3c2CN(Cc2ccccc2)CC3)c1. The van der Waals surface area contributed by atoms with Crippen LogP contribution in [0.25, 0.3) is 11.3 Å². The predicted octanol–water partition coefficient (Wildman–Crippen LogP) is 3.54. The van der Waals surface area contributed by atoms with E-state index in [1.54, 1.807) is 12.1 Å². The quantitative estimate of drug-likeness (QED) is 0.585. The minimum Gasteiger partial charge on any atom is -0.294 e. The number of non-ortho nitro benzene ring substituents is 1. The number of aromatic nitrogens is 2. The van der Waals surface area contributed by atoms with Crippen LogP contribution in [0, 0.1) is 10.1 Å². The van der Waals surface area contributed by atoms with Crippen LogP contribution in [0.15, 0.2) is 54.6 Å². The molecule has 1 N–H and O–H groups in total. The van der Waals surface area contributed by atoms with Crippen molar-refractivity contribution in [3.05, 3.63) is 81.5 Å². The topological polar surface area (TPSA) is 75.1 Å². The van der Waals surface area contributed by atoms with Gasteiger partial charge in [0.15, 0.2) is 0 Å². The number of hydrogen-bond acceptors (Lipinski definition) is 4.